The number of piperidine rings is 1. The molecule has 5 rings (SSSR count). The molecule has 2 atom stereocenters. The number of nitrogens with zero attached hydrogens (tertiary/aromatic N) is 2. The van der Waals surface area contributed by atoms with E-state index >= 15 is 0 Å². The van der Waals surface area contributed by atoms with Crippen molar-refractivity contribution in [2.75, 3.05) is 26.2 Å². The third-order valence-electron chi connectivity index (χ3n) is 6.86. The summed E-state index contributed by atoms with van der Waals surface area (Å²) in [5, 5.41) is 9.20. The predicted molar refractivity (Wildman–Crippen MR) is 129 cm³/mol. The molecule has 0 saturated carbocycles. The summed E-state index contributed by atoms with van der Waals surface area (Å²) in [6.45, 7) is 4.71. The summed E-state index contributed by atoms with van der Waals surface area (Å²) in [6, 6.07) is 9.17. The first kappa shape index (κ1) is 23.6. The fraction of sp³-hybridized carbons (Fsp3) is 0.462. The van der Waals surface area contributed by atoms with Crippen molar-refractivity contribution in [2.24, 2.45) is 0 Å². The highest BCUT2D eigenvalue weighted by atomic mass is 16.5. The highest BCUT2D eigenvalue weighted by Gasteiger charge is 2.39. The van der Waals surface area contributed by atoms with Crippen LogP contribution in [0.2, 0.25) is 0 Å². The van der Waals surface area contributed by atoms with E-state index in [1.807, 2.05) is 30.5 Å². The second kappa shape index (κ2) is 10.6. The molecule has 2 fully saturated rings. The van der Waals surface area contributed by atoms with Crippen LogP contribution in [0.25, 0.3) is 11.3 Å². The summed E-state index contributed by atoms with van der Waals surface area (Å²) in [6.07, 6.45) is 4.84. The summed E-state index contributed by atoms with van der Waals surface area (Å²) in [4.78, 5) is 42.8. The lowest BCUT2D eigenvalue weighted by Gasteiger charge is -2.29. The van der Waals surface area contributed by atoms with Crippen molar-refractivity contribution < 1.29 is 19.1 Å². The van der Waals surface area contributed by atoms with Crippen molar-refractivity contribution in [1.82, 2.24) is 25.8 Å². The second-order valence-corrected chi connectivity index (χ2v) is 9.34. The number of carbonyl (C=O) groups is 3. The maximum atomic E-state index is 12.9. The Hall–Kier alpha value is -3.14. The Balaban J connectivity index is 1.19. The number of hydrogen-bond acceptors (Lipinski definition) is 7. The third kappa shape index (κ3) is 5.42. The SMILES string of the molecule is O=C1CCC(N2Cc3cc(-c4cc(CNCCCC5CNCCO5)ccn4)ccc3C2=O)C(=O)N1. The third-order valence-corrected chi connectivity index (χ3v) is 6.86. The minimum Gasteiger partial charge on any atom is -0.376 e. The Bertz CT molecular complexity index is 1110. The molecular weight excluding hydrogens is 446 g/mol. The maximum absolute atomic E-state index is 12.9. The summed E-state index contributed by atoms with van der Waals surface area (Å²) in [5.41, 5.74) is 4.41. The van der Waals surface area contributed by atoms with E-state index < -0.39 is 11.9 Å². The smallest absolute Gasteiger partial charge is 0.255 e. The van der Waals surface area contributed by atoms with Crippen LogP contribution >= 0.6 is 0 Å². The number of ether oxygens (including phenoxy) is 1. The maximum Gasteiger partial charge on any atom is 0.255 e. The van der Waals surface area contributed by atoms with Gasteiger partial charge in [-0.05, 0) is 61.2 Å². The van der Waals surface area contributed by atoms with E-state index in [1.54, 1.807) is 4.90 Å². The van der Waals surface area contributed by atoms with Crippen molar-refractivity contribution >= 4 is 17.7 Å². The quantitative estimate of drug-likeness (QED) is 0.389. The normalized spacial score (nSPS) is 22.3. The minimum absolute atomic E-state index is 0.165. The van der Waals surface area contributed by atoms with Crippen LogP contribution in [0.1, 0.15) is 47.2 Å². The standard InChI is InChI=1S/C26H31N5O4/c32-24-6-5-23(25(33)30-24)31-16-19-13-18(3-4-21(19)26(31)34)22-12-17(7-9-29-22)14-27-8-1-2-20-15-28-10-11-35-20/h3-4,7,9,12-13,20,23,27-28H,1-2,5-6,8,10-11,14-16H2,(H,30,32,33). The molecule has 9 nitrogen and oxygen atoms in total. The molecule has 0 spiro atoms. The van der Waals surface area contributed by atoms with Crippen LogP contribution < -0.4 is 16.0 Å². The van der Waals surface area contributed by atoms with E-state index in [0.717, 1.165) is 68.0 Å². The number of pyridine rings is 1. The van der Waals surface area contributed by atoms with Gasteiger partial charge in [-0.25, -0.2) is 0 Å². The second-order valence-electron chi connectivity index (χ2n) is 9.34. The lowest BCUT2D eigenvalue weighted by Crippen LogP contribution is -2.52. The molecule has 1 aromatic heterocycles. The first-order valence-corrected chi connectivity index (χ1v) is 12.3. The number of aromatic nitrogens is 1. The number of nitrogens with one attached hydrogen (secondary N) is 3. The van der Waals surface area contributed by atoms with Crippen molar-refractivity contribution in [3.8, 4) is 11.3 Å². The zero-order chi connectivity index (χ0) is 24.2. The molecular formula is C26H31N5O4. The molecule has 0 aliphatic carbocycles. The number of fused-ring (bicyclic) bond motifs is 1. The first-order valence-electron chi connectivity index (χ1n) is 12.3. The van der Waals surface area contributed by atoms with Gasteiger partial charge in [-0.1, -0.05) is 6.07 Å². The van der Waals surface area contributed by atoms with Crippen LogP contribution in [0.5, 0.6) is 0 Å². The van der Waals surface area contributed by atoms with Crippen molar-refractivity contribution in [3.05, 3.63) is 53.2 Å². The van der Waals surface area contributed by atoms with Gasteiger partial charge in [0, 0.05) is 49.9 Å². The molecule has 1 aromatic carbocycles. The molecule has 4 heterocycles. The van der Waals surface area contributed by atoms with Gasteiger partial charge in [0.25, 0.3) is 5.91 Å². The van der Waals surface area contributed by atoms with Crippen LogP contribution in [0.15, 0.2) is 36.5 Å². The highest BCUT2D eigenvalue weighted by molar-refractivity contribution is 6.05. The molecule has 3 aliphatic heterocycles. The van der Waals surface area contributed by atoms with Gasteiger partial charge < -0.3 is 20.3 Å². The fourth-order valence-electron chi connectivity index (χ4n) is 4.97. The van der Waals surface area contributed by atoms with Crippen molar-refractivity contribution in [3.63, 3.8) is 0 Å². The van der Waals surface area contributed by atoms with Crippen molar-refractivity contribution in [2.45, 2.75) is 50.9 Å². The van der Waals surface area contributed by atoms with E-state index in [4.69, 9.17) is 4.74 Å². The molecule has 0 bridgehead atoms. The first-order chi connectivity index (χ1) is 17.1. The van der Waals surface area contributed by atoms with Gasteiger partial charge in [-0.15, -0.1) is 0 Å². The Kier molecular flexibility index (Phi) is 7.17. The van der Waals surface area contributed by atoms with Crippen LogP contribution in [0.4, 0.5) is 0 Å². The van der Waals surface area contributed by atoms with Gasteiger partial charge in [0.05, 0.1) is 18.4 Å². The van der Waals surface area contributed by atoms with Crippen LogP contribution in [-0.2, 0) is 27.4 Å². The predicted octanol–water partition coefficient (Wildman–Crippen LogP) is 1.37. The van der Waals surface area contributed by atoms with Gasteiger partial charge in [0.15, 0.2) is 0 Å². The zero-order valence-corrected chi connectivity index (χ0v) is 19.7. The van der Waals surface area contributed by atoms with Gasteiger partial charge in [0.1, 0.15) is 6.04 Å². The number of rotatable bonds is 8. The van der Waals surface area contributed by atoms with Gasteiger partial charge in [0.2, 0.25) is 11.8 Å². The average Bonchev–Trinajstić information content (AvgIpc) is 3.20. The number of carbonyl (C=O) groups excluding carboxylic acids is 3. The molecule has 2 unspecified atom stereocenters. The molecule has 9 heteroatoms. The fourth-order valence-corrected chi connectivity index (χ4v) is 4.97. The summed E-state index contributed by atoms with van der Waals surface area (Å²) in [7, 11) is 0. The van der Waals surface area contributed by atoms with Gasteiger partial charge in [-0.2, -0.15) is 0 Å². The number of hydrogen-bond donors (Lipinski definition) is 3. The number of morpholine rings is 1. The minimum atomic E-state index is -0.607. The molecule has 3 amide bonds. The van der Waals surface area contributed by atoms with E-state index in [-0.39, 0.29) is 18.2 Å². The lowest BCUT2D eigenvalue weighted by atomic mass is 10.0. The molecule has 2 aromatic rings. The van der Waals surface area contributed by atoms with Crippen LogP contribution in [0, 0.1) is 0 Å². The Labute approximate surface area is 204 Å². The highest BCUT2D eigenvalue weighted by Crippen LogP contribution is 2.30. The van der Waals surface area contributed by atoms with Gasteiger partial charge in [-0.3, -0.25) is 24.7 Å². The number of amides is 3. The molecule has 3 aliphatic rings. The lowest BCUT2D eigenvalue weighted by molar-refractivity contribution is -0.136. The summed E-state index contributed by atoms with van der Waals surface area (Å²) in [5.74, 6) is -0.845. The Morgan fingerprint density at radius 3 is 2.91 bits per heavy atom. The summed E-state index contributed by atoms with van der Waals surface area (Å²) < 4.78 is 5.74. The number of imide groups is 1. The average molecular weight is 478 g/mol. The Morgan fingerprint density at radius 1 is 1.17 bits per heavy atom. The van der Waals surface area contributed by atoms with Crippen LogP contribution in [0.3, 0.4) is 0 Å². The molecule has 184 valence electrons. The molecule has 2 saturated heterocycles. The number of benzene rings is 1. The van der Waals surface area contributed by atoms with E-state index in [0.29, 0.717) is 24.6 Å². The van der Waals surface area contributed by atoms with E-state index in [1.165, 1.54) is 0 Å². The molecule has 0 radical (unpaired) electrons. The van der Waals surface area contributed by atoms with Crippen LogP contribution in [-0.4, -0.2) is 66.0 Å². The molecule has 3 N–H and O–H groups in total. The molecule has 35 heavy (non-hydrogen) atoms. The topological polar surface area (TPSA) is 113 Å². The zero-order valence-electron chi connectivity index (χ0n) is 19.7. The Morgan fingerprint density at radius 2 is 2.09 bits per heavy atom. The van der Waals surface area contributed by atoms with Gasteiger partial charge >= 0.3 is 0 Å². The van der Waals surface area contributed by atoms with Crippen molar-refractivity contribution in [1.29, 1.82) is 0 Å². The summed E-state index contributed by atoms with van der Waals surface area (Å²) >= 11 is 0. The van der Waals surface area contributed by atoms with E-state index in [9.17, 15) is 14.4 Å². The monoisotopic (exact) mass is 477 g/mol. The largest absolute Gasteiger partial charge is 0.376 e. The van der Waals surface area contributed by atoms with E-state index in [2.05, 4.69) is 27.0 Å².